The zero-order valence-electron chi connectivity index (χ0n) is 14.3. The summed E-state index contributed by atoms with van der Waals surface area (Å²) in [7, 11) is 2.09. The number of hydrogen-bond acceptors (Lipinski definition) is 3. The first-order valence-electron chi connectivity index (χ1n) is 8.54. The highest BCUT2D eigenvalue weighted by atomic mass is 16.5. The molecule has 128 valence electrons. The van der Waals surface area contributed by atoms with Gasteiger partial charge in [-0.25, -0.2) is 4.99 Å². The summed E-state index contributed by atoms with van der Waals surface area (Å²) in [5, 5.41) is 12.9. The number of guanidine groups is 1. The number of nitrogens with zero attached hydrogens (tertiary/aromatic N) is 2. The van der Waals surface area contributed by atoms with Crippen LogP contribution in [0.3, 0.4) is 0 Å². The van der Waals surface area contributed by atoms with Crippen LogP contribution in [0.4, 0.5) is 0 Å². The molecule has 23 heavy (non-hydrogen) atoms. The molecule has 0 bridgehead atoms. The fourth-order valence-electron chi connectivity index (χ4n) is 2.81. The molecular formula is C18H29N3O2. The molecule has 0 spiro atoms. The number of aliphatic imine (C=N–C) groups is 1. The summed E-state index contributed by atoms with van der Waals surface area (Å²) in [5.41, 5.74) is 1.01. The zero-order valence-corrected chi connectivity index (χ0v) is 14.3. The molecule has 1 fully saturated rings. The van der Waals surface area contributed by atoms with Crippen LogP contribution in [-0.2, 0) is 11.3 Å². The third kappa shape index (κ3) is 6.10. The van der Waals surface area contributed by atoms with E-state index in [4.69, 9.17) is 4.74 Å². The van der Waals surface area contributed by atoms with E-state index in [1.807, 2.05) is 12.1 Å². The van der Waals surface area contributed by atoms with Crippen molar-refractivity contribution in [2.45, 2.75) is 32.7 Å². The van der Waals surface area contributed by atoms with Crippen molar-refractivity contribution in [3.63, 3.8) is 0 Å². The molecule has 1 saturated heterocycles. The quantitative estimate of drug-likeness (QED) is 0.625. The number of ether oxygens (including phenoxy) is 1. The molecule has 0 unspecified atom stereocenters. The molecule has 0 aromatic heterocycles. The van der Waals surface area contributed by atoms with Crippen LogP contribution in [0.1, 0.15) is 31.7 Å². The van der Waals surface area contributed by atoms with Crippen LogP contribution in [0.25, 0.3) is 0 Å². The molecule has 0 saturated carbocycles. The van der Waals surface area contributed by atoms with Crippen LogP contribution in [-0.4, -0.2) is 49.3 Å². The highest BCUT2D eigenvalue weighted by Gasteiger charge is 2.15. The predicted octanol–water partition coefficient (Wildman–Crippen LogP) is 2.61. The minimum Gasteiger partial charge on any atom is -0.508 e. The second-order valence-electron chi connectivity index (χ2n) is 6.11. The number of nitrogens with one attached hydrogen (secondary N) is 1. The van der Waals surface area contributed by atoms with Crippen LogP contribution >= 0.6 is 0 Å². The number of phenols is 1. The van der Waals surface area contributed by atoms with Crippen molar-refractivity contribution in [2.75, 3.05) is 33.4 Å². The molecule has 2 rings (SSSR count). The van der Waals surface area contributed by atoms with E-state index in [0.29, 0.717) is 6.54 Å². The van der Waals surface area contributed by atoms with Gasteiger partial charge in [0.1, 0.15) is 5.75 Å². The lowest BCUT2D eigenvalue weighted by Crippen LogP contribution is -2.40. The molecule has 1 aromatic rings. The Morgan fingerprint density at radius 3 is 2.87 bits per heavy atom. The van der Waals surface area contributed by atoms with Crippen LogP contribution in [0.5, 0.6) is 5.75 Å². The summed E-state index contributed by atoms with van der Waals surface area (Å²) in [6, 6.07) is 7.27. The van der Waals surface area contributed by atoms with E-state index >= 15 is 0 Å². The molecule has 1 aromatic carbocycles. The third-order valence-electron chi connectivity index (χ3n) is 4.23. The van der Waals surface area contributed by atoms with Gasteiger partial charge in [0.25, 0.3) is 0 Å². The van der Waals surface area contributed by atoms with Crippen LogP contribution < -0.4 is 5.32 Å². The van der Waals surface area contributed by atoms with E-state index in [2.05, 4.69) is 29.2 Å². The van der Waals surface area contributed by atoms with Gasteiger partial charge >= 0.3 is 0 Å². The van der Waals surface area contributed by atoms with Gasteiger partial charge in [0.2, 0.25) is 0 Å². The van der Waals surface area contributed by atoms with Gasteiger partial charge in [0.15, 0.2) is 5.96 Å². The van der Waals surface area contributed by atoms with Crippen LogP contribution in [0.15, 0.2) is 29.3 Å². The van der Waals surface area contributed by atoms with E-state index in [-0.39, 0.29) is 5.75 Å². The first-order valence-corrected chi connectivity index (χ1v) is 8.54. The van der Waals surface area contributed by atoms with Crippen LogP contribution in [0.2, 0.25) is 0 Å². The highest BCUT2D eigenvalue weighted by molar-refractivity contribution is 5.79. The molecule has 1 aliphatic rings. The average molecular weight is 319 g/mol. The first kappa shape index (κ1) is 17.6. The summed E-state index contributed by atoms with van der Waals surface area (Å²) in [4.78, 5) is 6.88. The Labute approximate surface area is 139 Å². The van der Waals surface area contributed by atoms with Gasteiger partial charge in [0, 0.05) is 33.4 Å². The topological polar surface area (TPSA) is 57.1 Å². The second kappa shape index (κ2) is 9.40. The van der Waals surface area contributed by atoms with Crippen molar-refractivity contribution < 1.29 is 9.84 Å². The molecule has 0 atom stereocenters. The first-order chi connectivity index (χ1) is 11.2. The number of rotatable bonds is 6. The summed E-state index contributed by atoms with van der Waals surface area (Å²) in [6.45, 7) is 6.30. The summed E-state index contributed by atoms with van der Waals surface area (Å²) in [5.74, 6) is 1.97. The van der Waals surface area contributed by atoms with Gasteiger partial charge < -0.3 is 20.1 Å². The van der Waals surface area contributed by atoms with Crippen molar-refractivity contribution in [2.24, 2.45) is 10.9 Å². The van der Waals surface area contributed by atoms with Crippen LogP contribution in [0, 0.1) is 5.92 Å². The monoisotopic (exact) mass is 319 g/mol. The smallest absolute Gasteiger partial charge is 0.193 e. The van der Waals surface area contributed by atoms with E-state index in [1.54, 1.807) is 12.1 Å². The van der Waals surface area contributed by atoms with Gasteiger partial charge in [-0.2, -0.15) is 0 Å². The van der Waals surface area contributed by atoms with Crippen molar-refractivity contribution in [3.8, 4) is 5.75 Å². The fraction of sp³-hybridized carbons (Fsp3) is 0.611. The number of hydrogen-bond donors (Lipinski definition) is 2. The molecule has 0 aliphatic carbocycles. The lowest BCUT2D eigenvalue weighted by atomic mass is 9.96. The average Bonchev–Trinajstić information content (AvgIpc) is 2.57. The predicted molar refractivity (Wildman–Crippen MR) is 93.7 cm³/mol. The summed E-state index contributed by atoms with van der Waals surface area (Å²) in [6.07, 6.45) is 3.52. The lowest BCUT2D eigenvalue weighted by Gasteiger charge is -2.26. The zero-order chi connectivity index (χ0) is 16.5. The van der Waals surface area contributed by atoms with Crippen molar-refractivity contribution >= 4 is 5.96 Å². The maximum atomic E-state index is 9.53. The van der Waals surface area contributed by atoms with Gasteiger partial charge in [-0.15, -0.1) is 0 Å². The van der Waals surface area contributed by atoms with E-state index < -0.39 is 0 Å². The molecule has 5 heteroatoms. The standard InChI is InChI=1S/C18H29N3O2/c1-3-19-18(20-14-16-5-4-6-17(22)13-16)21(2)10-7-15-8-11-23-12-9-15/h4-6,13,15,22H,3,7-12,14H2,1-2H3,(H,19,20). The molecule has 2 N–H and O–H groups in total. The Morgan fingerprint density at radius 2 is 2.17 bits per heavy atom. The van der Waals surface area contributed by atoms with E-state index in [9.17, 15) is 5.11 Å². The largest absolute Gasteiger partial charge is 0.508 e. The van der Waals surface area contributed by atoms with Gasteiger partial charge in [0.05, 0.1) is 6.54 Å². The second-order valence-corrected chi connectivity index (χ2v) is 6.11. The van der Waals surface area contributed by atoms with E-state index in [1.165, 1.54) is 19.3 Å². The maximum Gasteiger partial charge on any atom is 0.193 e. The van der Waals surface area contributed by atoms with Crippen molar-refractivity contribution in [1.82, 2.24) is 10.2 Å². The van der Waals surface area contributed by atoms with Crippen molar-refractivity contribution in [3.05, 3.63) is 29.8 Å². The minimum atomic E-state index is 0.288. The van der Waals surface area contributed by atoms with Gasteiger partial charge in [-0.3, -0.25) is 0 Å². The minimum absolute atomic E-state index is 0.288. The summed E-state index contributed by atoms with van der Waals surface area (Å²) >= 11 is 0. The SMILES string of the molecule is CCNC(=NCc1cccc(O)c1)N(C)CCC1CCOCC1. The number of phenolic OH excluding ortho intramolecular Hbond substituents is 1. The molecular weight excluding hydrogens is 290 g/mol. The molecule has 5 nitrogen and oxygen atoms in total. The number of aromatic hydroxyl groups is 1. The van der Waals surface area contributed by atoms with Gasteiger partial charge in [-0.1, -0.05) is 12.1 Å². The number of benzene rings is 1. The lowest BCUT2D eigenvalue weighted by molar-refractivity contribution is 0.0625. The Hall–Kier alpha value is -1.75. The molecule has 1 heterocycles. The van der Waals surface area contributed by atoms with Crippen molar-refractivity contribution in [1.29, 1.82) is 0 Å². The molecule has 0 amide bonds. The highest BCUT2D eigenvalue weighted by Crippen LogP contribution is 2.18. The Balaban J connectivity index is 1.88. The van der Waals surface area contributed by atoms with E-state index in [0.717, 1.165) is 43.7 Å². The third-order valence-corrected chi connectivity index (χ3v) is 4.23. The Morgan fingerprint density at radius 1 is 1.39 bits per heavy atom. The summed E-state index contributed by atoms with van der Waals surface area (Å²) < 4.78 is 5.42. The Kier molecular flexibility index (Phi) is 7.20. The van der Waals surface area contributed by atoms with Gasteiger partial charge in [-0.05, 0) is 49.8 Å². The molecule has 1 aliphatic heterocycles. The maximum absolute atomic E-state index is 9.53. The Bertz CT molecular complexity index is 499. The molecule has 0 radical (unpaired) electrons. The normalized spacial score (nSPS) is 16.3. The fourth-order valence-corrected chi connectivity index (χ4v) is 2.81.